The first-order chi connectivity index (χ1) is 16.7. The number of hydrogen-bond acceptors (Lipinski definition) is 3. The molecule has 1 saturated heterocycles. The van der Waals surface area contributed by atoms with Crippen molar-refractivity contribution in [3.8, 4) is 11.4 Å². The molecule has 2 atom stereocenters. The molecule has 0 radical (unpaired) electrons. The predicted octanol–water partition coefficient (Wildman–Crippen LogP) is 6.64. The molecule has 1 aliphatic rings. The smallest absolute Gasteiger partial charge is 0.174 e. The largest absolute Gasteiger partial charge is 0.506 e. The van der Waals surface area contributed by atoms with Crippen LogP contribution in [0.5, 0.6) is 5.75 Å². The zero-order valence-electron chi connectivity index (χ0n) is 20.1. The van der Waals surface area contributed by atoms with Gasteiger partial charge in [0.05, 0.1) is 23.5 Å². The van der Waals surface area contributed by atoms with Gasteiger partial charge in [-0.05, 0) is 105 Å². The highest BCUT2D eigenvalue weighted by Crippen LogP contribution is 2.46. The quantitative estimate of drug-likeness (QED) is 0.306. The third kappa shape index (κ3) is 4.17. The Balaban J connectivity index is 1.72. The number of anilines is 1. The first-order valence-corrected chi connectivity index (χ1v) is 12.3. The Bertz CT molecular complexity index is 1410. The van der Waals surface area contributed by atoms with Gasteiger partial charge >= 0.3 is 0 Å². The van der Waals surface area contributed by atoms with Gasteiger partial charge in [0, 0.05) is 28.3 Å². The minimum absolute atomic E-state index is 0.119. The van der Waals surface area contributed by atoms with E-state index < -0.39 is 0 Å². The van der Waals surface area contributed by atoms with Gasteiger partial charge in [-0.2, -0.15) is 0 Å². The van der Waals surface area contributed by atoms with E-state index in [1.165, 1.54) is 11.1 Å². The number of pyridine rings is 1. The maximum absolute atomic E-state index is 10.8. The van der Waals surface area contributed by atoms with Gasteiger partial charge in [0.25, 0.3) is 0 Å². The van der Waals surface area contributed by atoms with Crippen molar-refractivity contribution in [1.29, 1.82) is 0 Å². The molecule has 5 rings (SSSR count). The summed E-state index contributed by atoms with van der Waals surface area (Å²) in [6.45, 7) is 8.48. The van der Waals surface area contributed by atoms with Crippen LogP contribution in [0.15, 0.2) is 66.9 Å². The summed E-state index contributed by atoms with van der Waals surface area (Å²) in [6.07, 6.45) is 1.79. The van der Waals surface area contributed by atoms with Crippen LogP contribution in [0.25, 0.3) is 5.69 Å². The van der Waals surface area contributed by atoms with Crippen LogP contribution in [0, 0.1) is 27.7 Å². The molecule has 0 spiro atoms. The average Bonchev–Trinajstić information content (AvgIpc) is 3.30. The highest BCUT2D eigenvalue weighted by molar-refractivity contribution is 7.80. The normalized spacial score (nSPS) is 17.6. The lowest BCUT2D eigenvalue weighted by Gasteiger charge is -2.28. The van der Waals surface area contributed by atoms with Gasteiger partial charge in [-0.3, -0.25) is 4.98 Å². The number of nitrogens with zero attached hydrogens (tertiary/aromatic N) is 3. The molecule has 35 heavy (non-hydrogen) atoms. The van der Waals surface area contributed by atoms with Crippen molar-refractivity contribution < 1.29 is 5.11 Å². The van der Waals surface area contributed by atoms with Gasteiger partial charge in [0.1, 0.15) is 5.75 Å². The maximum atomic E-state index is 10.8. The zero-order valence-corrected chi connectivity index (χ0v) is 21.7. The second-order valence-electron chi connectivity index (χ2n) is 9.14. The number of aromatic hydroxyl groups is 1. The predicted molar refractivity (Wildman–Crippen MR) is 146 cm³/mol. The molecule has 3 heterocycles. The lowest BCUT2D eigenvalue weighted by Crippen LogP contribution is -2.29. The molecule has 0 amide bonds. The molecule has 4 aromatic rings. The second-order valence-corrected chi connectivity index (χ2v) is 9.96. The van der Waals surface area contributed by atoms with Crippen molar-refractivity contribution in [2.45, 2.75) is 39.8 Å². The number of nitrogens with one attached hydrogen (secondary N) is 1. The molecule has 1 fully saturated rings. The molecule has 2 N–H and O–H groups in total. The minimum Gasteiger partial charge on any atom is -0.506 e. The molecule has 178 valence electrons. The molecule has 1 aliphatic heterocycles. The lowest BCUT2D eigenvalue weighted by atomic mass is 9.96. The first kappa shape index (κ1) is 23.4. The Morgan fingerprint density at radius 1 is 0.971 bits per heavy atom. The molecule has 5 nitrogen and oxygen atoms in total. The van der Waals surface area contributed by atoms with E-state index in [0.717, 1.165) is 28.3 Å². The summed E-state index contributed by atoms with van der Waals surface area (Å²) < 4.78 is 2.28. The first-order valence-electron chi connectivity index (χ1n) is 11.5. The van der Waals surface area contributed by atoms with E-state index in [4.69, 9.17) is 23.8 Å². The number of aromatic nitrogens is 2. The number of phenolic OH excluding ortho intramolecular Hbond substituents is 1. The van der Waals surface area contributed by atoms with Gasteiger partial charge in [0.2, 0.25) is 0 Å². The fraction of sp³-hybridized carbons (Fsp3) is 0.214. The van der Waals surface area contributed by atoms with Crippen LogP contribution < -0.4 is 10.2 Å². The number of phenols is 1. The maximum Gasteiger partial charge on any atom is 0.174 e. The van der Waals surface area contributed by atoms with Crippen LogP contribution in [0.1, 0.15) is 45.9 Å². The summed E-state index contributed by atoms with van der Waals surface area (Å²) in [5, 5.41) is 15.3. The molecule has 0 saturated carbocycles. The number of hydrogen-bond donors (Lipinski definition) is 2. The molecule has 0 aliphatic carbocycles. The van der Waals surface area contributed by atoms with E-state index in [-0.39, 0.29) is 17.8 Å². The number of benzene rings is 2. The SMILES string of the molecule is Cc1cc(C)cc(-n2c(C)cc([C@@H]3[C@H](c4ccccn4)NC(=S)N3c3cc(Cl)ccc3O)c2C)c1. The number of rotatable bonds is 4. The average molecular weight is 503 g/mol. The van der Waals surface area contributed by atoms with Crippen LogP contribution in [0.4, 0.5) is 5.69 Å². The Hall–Kier alpha value is -3.35. The standard InChI is InChI=1S/C28H27ClN4OS/c1-16-11-17(2)13-21(12-16)32-18(3)14-22(19(32)4)27-26(23-7-5-6-10-30-23)31-28(35)33(27)24-15-20(29)8-9-25(24)34/h5-15,26-27,34H,1-4H3,(H,31,35)/t26-,27+/m0/s1. The Morgan fingerprint density at radius 2 is 1.71 bits per heavy atom. The fourth-order valence-electron chi connectivity index (χ4n) is 5.18. The molecule has 2 aromatic carbocycles. The van der Waals surface area contributed by atoms with Crippen molar-refractivity contribution in [2.24, 2.45) is 0 Å². The van der Waals surface area contributed by atoms with E-state index in [0.29, 0.717) is 15.8 Å². The summed E-state index contributed by atoms with van der Waals surface area (Å²) >= 11 is 12.2. The summed E-state index contributed by atoms with van der Waals surface area (Å²) in [5.41, 5.74) is 8.33. The third-order valence-electron chi connectivity index (χ3n) is 6.55. The monoisotopic (exact) mass is 502 g/mol. The van der Waals surface area contributed by atoms with Crippen LogP contribution in [0.3, 0.4) is 0 Å². The third-order valence-corrected chi connectivity index (χ3v) is 7.10. The summed E-state index contributed by atoms with van der Waals surface area (Å²) in [7, 11) is 0. The highest BCUT2D eigenvalue weighted by atomic mass is 35.5. The van der Waals surface area contributed by atoms with E-state index in [9.17, 15) is 5.11 Å². The summed E-state index contributed by atoms with van der Waals surface area (Å²) in [6, 6.07) is 19.2. The fourth-order valence-corrected chi connectivity index (χ4v) is 5.69. The Labute approximate surface area is 216 Å². The topological polar surface area (TPSA) is 53.3 Å². The van der Waals surface area contributed by atoms with Crippen LogP contribution in [-0.2, 0) is 0 Å². The van der Waals surface area contributed by atoms with Crippen molar-refractivity contribution in [3.63, 3.8) is 0 Å². The summed E-state index contributed by atoms with van der Waals surface area (Å²) in [4.78, 5) is 6.60. The molecule has 0 unspecified atom stereocenters. The molecule has 7 heteroatoms. The Morgan fingerprint density at radius 3 is 2.40 bits per heavy atom. The lowest BCUT2D eigenvalue weighted by molar-refractivity contribution is 0.472. The van der Waals surface area contributed by atoms with Crippen molar-refractivity contribution in [2.75, 3.05) is 4.90 Å². The van der Waals surface area contributed by atoms with Gasteiger partial charge in [-0.15, -0.1) is 0 Å². The van der Waals surface area contributed by atoms with Crippen LogP contribution >= 0.6 is 23.8 Å². The highest BCUT2D eigenvalue weighted by Gasteiger charge is 2.43. The minimum atomic E-state index is -0.243. The second kappa shape index (κ2) is 9.02. The van der Waals surface area contributed by atoms with E-state index in [2.05, 4.69) is 66.8 Å². The number of thiocarbonyl (C=S) groups is 1. The molecular weight excluding hydrogens is 476 g/mol. The van der Waals surface area contributed by atoms with Gasteiger partial charge < -0.3 is 19.9 Å². The van der Waals surface area contributed by atoms with Crippen molar-refractivity contribution >= 4 is 34.6 Å². The summed E-state index contributed by atoms with van der Waals surface area (Å²) in [5.74, 6) is 0.119. The van der Waals surface area contributed by atoms with Gasteiger partial charge in [-0.1, -0.05) is 23.7 Å². The van der Waals surface area contributed by atoms with Crippen LogP contribution in [-0.4, -0.2) is 19.8 Å². The molecular formula is C28H27ClN4OS. The zero-order chi connectivity index (χ0) is 24.9. The Kier molecular flexibility index (Phi) is 6.03. The molecule has 0 bridgehead atoms. The van der Waals surface area contributed by atoms with Gasteiger partial charge in [0.15, 0.2) is 5.11 Å². The number of halogens is 1. The van der Waals surface area contributed by atoms with Gasteiger partial charge in [-0.25, -0.2) is 0 Å². The van der Waals surface area contributed by atoms with Crippen molar-refractivity contribution in [1.82, 2.24) is 14.9 Å². The van der Waals surface area contributed by atoms with Crippen molar-refractivity contribution in [3.05, 3.63) is 106 Å². The molecule has 2 aromatic heterocycles. The van der Waals surface area contributed by atoms with E-state index in [1.54, 1.807) is 24.4 Å². The van der Waals surface area contributed by atoms with E-state index in [1.807, 2.05) is 23.1 Å². The van der Waals surface area contributed by atoms with E-state index >= 15 is 0 Å². The number of aryl methyl sites for hydroxylation is 3. The van der Waals surface area contributed by atoms with Crippen LogP contribution in [0.2, 0.25) is 5.02 Å².